The SMILES string of the molecule is Fc1cc(Cl)ccc1-c1cnc(C2CC2)[nH]1. The van der Waals surface area contributed by atoms with E-state index in [4.69, 9.17) is 11.6 Å². The van der Waals surface area contributed by atoms with Crippen LogP contribution in [0.15, 0.2) is 24.4 Å². The van der Waals surface area contributed by atoms with Crippen LogP contribution < -0.4 is 0 Å². The molecule has 1 aromatic heterocycles. The summed E-state index contributed by atoms with van der Waals surface area (Å²) in [7, 11) is 0. The third-order valence-corrected chi connectivity index (χ3v) is 3.02. The molecule has 0 bridgehead atoms. The van der Waals surface area contributed by atoms with Crippen LogP contribution in [0.3, 0.4) is 0 Å². The van der Waals surface area contributed by atoms with Gasteiger partial charge in [0.2, 0.25) is 0 Å². The molecule has 0 radical (unpaired) electrons. The number of aromatic nitrogens is 2. The molecule has 0 saturated heterocycles. The van der Waals surface area contributed by atoms with Crippen molar-refractivity contribution in [1.29, 1.82) is 0 Å². The van der Waals surface area contributed by atoms with Crippen LogP contribution in [0.2, 0.25) is 5.02 Å². The maximum Gasteiger partial charge on any atom is 0.134 e. The Kier molecular flexibility index (Phi) is 2.21. The van der Waals surface area contributed by atoms with E-state index in [0.717, 1.165) is 11.5 Å². The van der Waals surface area contributed by atoms with Gasteiger partial charge in [-0.3, -0.25) is 0 Å². The molecule has 1 heterocycles. The molecule has 2 nitrogen and oxygen atoms in total. The van der Waals surface area contributed by atoms with Gasteiger partial charge in [0, 0.05) is 16.5 Å². The van der Waals surface area contributed by atoms with Gasteiger partial charge in [-0.15, -0.1) is 0 Å². The first kappa shape index (κ1) is 9.85. The lowest BCUT2D eigenvalue weighted by atomic mass is 10.1. The quantitative estimate of drug-likeness (QED) is 0.845. The maximum atomic E-state index is 13.6. The lowest BCUT2D eigenvalue weighted by molar-refractivity contribution is 0.631. The van der Waals surface area contributed by atoms with Crippen molar-refractivity contribution in [2.24, 2.45) is 0 Å². The highest BCUT2D eigenvalue weighted by Gasteiger charge is 2.26. The molecule has 3 rings (SSSR count). The molecule has 82 valence electrons. The Balaban J connectivity index is 2.00. The predicted molar refractivity (Wildman–Crippen MR) is 61.0 cm³/mol. The van der Waals surface area contributed by atoms with Crippen LogP contribution in [0, 0.1) is 5.82 Å². The van der Waals surface area contributed by atoms with Crippen LogP contribution in [-0.2, 0) is 0 Å². The standard InChI is InChI=1S/C12H10ClFN2/c13-8-3-4-9(10(14)5-8)11-6-15-12(16-11)7-1-2-7/h3-7H,1-2H2,(H,15,16). The highest BCUT2D eigenvalue weighted by molar-refractivity contribution is 6.30. The van der Waals surface area contributed by atoms with E-state index in [1.807, 2.05) is 0 Å². The number of rotatable bonds is 2. The Morgan fingerprint density at radius 3 is 2.88 bits per heavy atom. The number of H-pyrrole nitrogens is 1. The molecule has 4 heteroatoms. The second-order valence-electron chi connectivity index (χ2n) is 4.08. The van der Waals surface area contributed by atoms with Crippen LogP contribution in [0.4, 0.5) is 4.39 Å². The summed E-state index contributed by atoms with van der Waals surface area (Å²) in [5.74, 6) is 1.19. The van der Waals surface area contributed by atoms with Gasteiger partial charge in [0.05, 0.1) is 11.9 Å². The van der Waals surface area contributed by atoms with Crippen molar-refractivity contribution in [3.63, 3.8) is 0 Å². The first-order valence-corrected chi connectivity index (χ1v) is 5.62. The Hall–Kier alpha value is -1.35. The van der Waals surface area contributed by atoms with Crippen LogP contribution in [0.25, 0.3) is 11.3 Å². The van der Waals surface area contributed by atoms with Crippen LogP contribution >= 0.6 is 11.6 Å². The van der Waals surface area contributed by atoms with Crippen molar-refractivity contribution in [2.75, 3.05) is 0 Å². The van der Waals surface area contributed by atoms with Crippen molar-refractivity contribution in [3.8, 4) is 11.3 Å². The normalized spacial score (nSPS) is 15.4. The molecule has 1 saturated carbocycles. The molecule has 1 aliphatic rings. The minimum atomic E-state index is -0.321. The number of hydrogen-bond donors (Lipinski definition) is 1. The fourth-order valence-electron chi connectivity index (χ4n) is 1.75. The first-order valence-electron chi connectivity index (χ1n) is 5.24. The zero-order valence-electron chi connectivity index (χ0n) is 8.50. The number of nitrogens with zero attached hydrogens (tertiary/aromatic N) is 1. The molecule has 0 unspecified atom stereocenters. The third kappa shape index (κ3) is 1.71. The maximum absolute atomic E-state index is 13.6. The van der Waals surface area contributed by atoms with Gasteiger partial charge in [0.1, 0.15) is 11.6 Å². The second kappa shape index (κ2) is 3.59. The first-order chi connectivity index (χ1) is 7.74. The summed E-state index contributed by atoms with van der Waals surface area (Å²) < 4.78 is 13.6. The fraction of sp³-hybridized carbons (Fsp3) is 0.250. The van der Waals surface area contributed by atoms with Gasteiger partial charge in [-0.1, -0.05) is 11.6 Å². The smallest absolute Gasteiger partial charge is 0.134 e. The topological polar surface area (TPSA) is 28.7 Å². The highest BCUT2D eigenvalue weighted by Crippen LogP contribution is 2.39. The van der Waals surface area contributed by atoms with Gasteiger partial charge in [0.25, 0.3) is 0 Å². The van der Waals surface area contributed by atoms with Crippen molar-refractivity contribution >= 4 is 11.6 Å². The molecule has 1 aromatic carbocycles. The van der Waals surface area contributed by atoms with E-state index in [9.17, 15) is 4.39 Å². The number of benzene rings is 1. The summed E-state index contributed by atoms with van der Waals surface area (Å²) in [6.45, 7) is 0. The minimum Gasteiger partial charge on any atom is -0.342 e. The summed E-state index contributed by atoms with van der Waals surface area (Å²) in [5.41, 5.74) is 1.24. The van der Waals surface area contributed by atoms with Crippen molar-refractivity contribution in [3.05, 3.63) is 41.1 Å². The molecule has 1 fully saturated rings. The number of aromatic amines is 1. The van der Waals surface area contributed by atoms with Crippen molar-refractivity contribution < 1.29 is 4.39 Å². The molecule has 1 aliphatic carbocycles. The number of halogens is 2. The molecule has 2 aromatic rings. The summed E-state index contributed by atoms with van der Waals surface area (Å²) in [6.07, 6.45) is 4.03. The minimum absolute atomic E-state index is 0.321. The zero-order valence-corrected chi connectivity index (χ0v) is 9.26. The average Bonchev–Trinajstić information content (AvgIpc) is 2.98. The van der Waals surface area contributed by atoms with Gasteiger partial charge >= 0.3 is 0 Å². The van der Waals surface area contributed by atoms with Gasteiger partial charge in [-0.05, 0) is 31.0 Å². The lowest BCUT2D eigenvalue weighted by Crippen LogP contribution is -1.85. The summed E-state index contributed by atoms with van der Waals surface area (Å²) in [6, 6.07) is 4.66. The second-order valence-corrected chi connectivity index (χ2v) is 4.52. The Morgan fingerprint density at radius 2 is 2.19 bits per heavy atom. The molecule has 0 atom stereocenters. The Bertz CT molecular complexity index is 532. The third-order valence-electron chi connectivity index (χ3n) is 2.78. The van der Waals surface area contributed by atoms with Crippen LogP contribution in [-0.4, -0.2) is 9.97 Å². The predicted octanol–water partition coefficient (Wildman–Crippen LogP) is 3.75. The molecule has 16 heavy (non-hydrogen) atoms. The van der Waals surface area contributed by atoms with Gasteiger partial charge in [0.15, 0.2) is 0 Å². The van der Waals surface area contributed by atoms with E-state index in [1.165, 1.54) is 18.9 Å². The van der Waals surface area contributed by atoms with E-state index >= 15 is 0 Å². The molecular formula is C12H10ClFN2. The lowest BCUT2D eigenvalue weighted by Gasteiger charge is -2.00. The average molecular weight is 237 g/mol. The van der Waals surface area contributed by atoms with E-state index in [-0.39, 0.29) is 5.82 Å². The van der Waals surface area contributed by atoms with Crippen molar-refractivity contribution in [1.82, 2.24) is 9.97 Å². The van der Waals surface area contributed by atoms with Crippen LogP contribution in [0.1, 0.15) is 24.6 Å². The van der Waals surface area contributed by atoms with Crippen molar-refractivity contribution in [2.45, 2.75) is 18.8 Å². The van der Waals surface area contributed by atoms with E-state index in [2.05, 4.69) is 9.97 Å². The Morgan fingerprint density at radius 1 is 1.38 bits per heavy atom. The molecule has 0 aliphatic heterocycles. The van der Waals surface area contributed by atoms with E-state index in [0.29, 0.717) is 16.5 Å². The monoisotopic (exact) mass is 236 g/mol. The summed E-state index contributed by atoms with van der Waals surface area (Å²) in [5, 5.41) is 0.406. The van der Waals surface area contributed by atoms with E-state index in [1.54, 1.807) is 18.3 Å². The number of hydrogen-bond acceptors (Lipinski definition) is 1. The molecule has 0 amide bonds. The Labute approximate surface area is 97.5 Å². The van der Waals surface area contributed by atoms with Gasteiger partial charge < -0.3 is 4.98 Å². The summed E-state index contributed by atoms with van der Waals surface area (Å²) in [4.78, 5) is 7.42. The zero-order chi connectivity index (χ0) is 11.1. The van der Waals surface area contributed by atoms with Crippen LogP contribution in [0.5, 0.6) is 0 Å². The van der Waals surface area contributed by atoms with E-state index < -0.39 is 0 Å². The highest BCUT2D eigenvalue weighted by atomic mass is 35.5. The molecule has 0 spiro atoms. The largest absolute Gasteiger partial charge is 0.342 e. The van der Waals surface area contributed by atoms with Gasteiger partial charge in [-0.2, -0.15) is 0 Å². The summed E-state index contributed by atoms with van der Waals surface area (Å²) >= 11 is 5.70. The fourth-order valence-corrected chi connectivity index (χ4v) is 1.90. The molecular weight excluding hydrogens is 227 g/mol. The number of nitrogens with one attached hydrogen (secondary N) is 1. The number of imidazole rings is 1. The van der Waals surface area contributed by atoms with Gasteiger partial charge in [-0.25, -0.2) is 9.37 Å². The molecule has 1 N–H and O–H groups in total.